The Hall–Kier alpha value is -2.60. The van der Waals surface area contributed by atoms with Crippen LogP contribution in [0, 0.1) is 6.92 Å². The number of β-amino-alcohol motifs (C(OH)–C–C–N with tert-alkyl or cyclic N) is 1. The highest BCUT2D eigenvalue weighted by Gasteiger charge is 2.20. The molecule has 34 heavy (non-hydrogen) atoms. The molecule has 1 amide bonds. The predicted molar refractivity (Wildman–Crippen MR) is 134 cm³/mol. The average molecular weight is 510 g/mol. The van der Waals surface area contributed by atoms with Gasteiger partial charge in [0.2, 0.25) is 0 Å². The molecule has 0 atom stereocenters. The van der Waals surface area contributed by atoms with Gasteiger partial charge >= 0.3 is 0 Å². The number of amides is 1. The van der Waals surface area contributed by atoms with Crippen LogP contribution in [-0.4, -0.2) is 76.9 Å². The van der Waals surface area contributed by atoms with Gasteiger partial charge in [-0.2, -0.15) is 0 Å². The topological polar surface area (TPSA) is 107 Å². The molecule has 1 saturated heterocycles. The second kappa shape index (κ2) is 12.2. The van der Waals surface area contributed by atoms with Crippen molar-refractivity contribution < 1.29 is 14.3 Å². The number of carbonyl (C=O) groups is 1. The van der Waals surface area contributed by atoms with Gasteiger partial charge in [0.05, 0.1) is 18.5 Å². The van der Waals surface area contributed by atoms with Gasteiger partial charge in [-0.3, -0.25) is 9.69 Å². The van der Waals surface area contributed by atoms with Crippen LogP contribution in [0.5, 0.6) is 0 Å². The molecule has 1 aliphatic heterocycles. The normalized spacial score (nSPS) is 15.8. The van der Waals surface area contributed by atoms with Gasteiger partial charge in [0.15, 0.2) is 5.13 Å². The lowest BCUT2D eigenvalue weighted by atomic mass is 10.2. The second-order valence-electron chi connectivity index (χ2n) is 7.68. The Labute approximate surface area is 207 Å². The summed E-state index contributed by atoms with van der Waals surface area (Å²) in [5.41, 5.74) is 0.569. The molecule has 0 aromatic carbocycles. The number of rotatable bonds is 9. The first-order chi connectivity index (χ1) is 16.3. The maximum absolute atomic E-state index is 13.3. The molecule has 184 valence electrons. The van der Waals surface area contributed by atoms with E-state index >= 15 is 0 Å². The minimum Gasteiger partial charge on any atom is -0.395 e. The predicted octanol–water partition coefficient (Wildman–Crippen LogP) is 3.22. The van der Waals surface area contributed by atoms with E-state index in [0.717, 1.165) is 43.3 Å². The first-order valence-electron chi connectivity index (χ1n) is 10.9. The molecule has 9 nitrogen and oxygen atoms in total. The quantitative estimate of drug-likeness (QED) is 0.442. The van der Waals surface area contributed by atoms with Crippen molar-refractivity contribution in [3.05, 3.63) is 45.3 Å². The zero-order valence-corrected chi connectivity index (χ0v) is 21.0. The summed E-state index contributed by atoms with van der Waals surface area (Å²) in [6.45, 7) is 8.51. The third-order valence-electron chi connectivity index (χ3n) is 5.30. The molecule has 0 saturated carbocycles. The van der Waals surface area contributed by atoms with E-state index in [2.05, 4.69) is 35.4 Å². The highest BCUT2D eigenvalue weighted by atomic mass is 35.5. The number of carbonyl (C=O) groups excluding carboxylic acids is 1. The largest absolute Gasteiger partial charge is 0.395 e. The lowest BCUT2D eigenvalue weighted by Crippen LogP contribution is -2.47. The number of piperazine rings is 1. The van der Waals surface area contributed by atoms with Crippen molar-refractivity contribution >= 4 is 45.6 Å². The molecular weight excluding hydrogens is 481 g/mol. The maximum atomic E-state index is 13.3. The molecule has 3 rings (SSSR count). The Morgan fingerprint density at radius 1 is 1.32 bits per heavy atom. The van der Waals surface area contributed by atoms with Crippen LogP contribution in [0.15, 0.2) is 34.6 Å². The number of nitrogens with zero attached hydrogens (tertiary/aromatic N) is 5. The average Bonchev–Trinajstić information content (AvgIpc) is 3.28. The standard InChI is InChI=1S/C22H29ClFN7O2S/c1-4-16(12-24)20(14(2)23)29-21(33)17-13-25-22(34-17)28-18-11-19(27-15(3)26-18)31-7-5-30(6-8-31)9-10-32/h4,11,13,32H,5-10,12H2,1-3H3,(H,29,33)(H,25,26,27,28)/b16-4-,20-14-. The van der Waals surface area contributed by atoms with Crippen molar-refractivity contribution in [1.29, 1.82) is 0 Å². The molecule has 1 fully saturated rings. The number of alkyl halides is 1. The number of aromatic nitrogens is 3. The van der Waals surface area contributed by atoms with Crippen LogP contribution in [-0.2, 0) is 0 Å². The number of aliphatic hydroxyl groups is 1. The minimum atomic E-state index is -0.739. The SMILES string of the molecule is C/C=C(CF)\C(NC(=O)c1cnc(Nc2cc(N3CCN(CCO)CC3)nc(C)n2)s1)=C(/C)Cl. The Morgan fingerprint density at radius 2 is 2.06 bits per heavy atom. The fourth-order valence-corrected chi connectivity index (χ4v) is 4.40. The summed E-state index contributed by atoms with van der Waals surface area (Å²) in [6, 6.07) is 1.85. The highest BCUT2D eigenvalue weighted by molar-refractivity contribution is 7.17. The monoisotopic (exact) mass is 509 g/mol. The Morgan fingerprint density at radius 3 is 2.68 bits per heavy atom. The van der Waals surface area contributed by atoms with Crippen LogP contribution in [0.3, 0.4) is 0 Å². The number of hydrogen-bond donors (Lipinski definition) is 3. The number of aryl methyl sites for hydroxylation is 1. The second-order valence-corrected chi connectivity index (χ2v) is 9.27. The molecule has 0 bridgehead atoms. The lowest BCUT2D eigenvalue weighted by Gasteiger charge is -2.35. The van der Waals surface area contributed by atoms with Crippen LogP contribution < -0.4 is 15.5 Å². The summed E-state index contributed by atoms with van der Waals surface area (Å²) >= 11 is 7.21. The Kier molecular flexibility index (Phi) is 9.34. The van der Waals surface area contributed by atoms with E-state index in [-0.39, 0.29) is 12.3 Å². The fraction of sp³-hybridized carbons (Fsp3) is 0.455. The van der Waals surface area contributed by atoms with Gasteiger partial charge in [-0.05, 0) is 20.8 Å². The third-order valence-corrected chi connectivity index (χ3v) is 6.40. The molecule has 2 aromatic heterocycles. The molecule has 12 heteroatoms. The van der Waals surface area contributed by atoms with Gasteiger partial charge in [0.1, 0.15) is 29.0 Å². The van der Waals surface area contributed by atoms with E-state index in [4.69, 9.17) is 16.7 Å². The first-order valence-corrected chi connectivity index (χ1v) is 12.1. The van der Waals surface area contributed by atoms with Crippen molar-refractivity contribution in [3.8, 4) is 0 Å². The molecule has 0 spiro atoms. The zero-order valence-electron chi connectivity index (χ0n) is 19.4. The third kappa shape index (κ3) is 6.72. The molecule has 1 aliphatic rings. The van der Waals surface area contributed by atoms with Crippen LogP contribution >= 0.6 is 22.9 Å². The summed E-state index contributed by atoms with van der Waals surface area (Å²) in [4.78, 5) is 30.7. The molecule has 0 aliphatic carbocycles. The van der Waals surface area contributed by atoms with E-state index in [9.17, 15) is 9.18 Å². The van der Waals surface area contributed by atoms with Crippen molar-refractivity contribution in [1.82, 2.24) is 25.2 Å². The summed E-state index contributed by atoms with van der Waals surface area (Å²) in [7, 11) is 0. The number of halogens is 2. The molecule has 2 aromatic rings. The van der Waals surface area contributed by atoms with Crippen molar-refractivity contribution in [2.24, 2.45) is 0 Å². The van der Waals surface area contributed by atoms with E-state index in [1.165, 1.54) is 6.20 Å². The van der Waals surface area contributed by atoms with E-state index in [1.807, 2.05) is 13.0 Å². The van der Waals surface area contributed by atoms with Crippen LogP contribution in [0.1, 0.15) is 29.3 Å². The van der Waals surface area contributed by atoms with E-state index in [1.54, 1.807) is 19.9 Å². The van der Waals surface area contributed by atoms with Gasteiger partial charge < -0.3 is 20.6 Å². The van der Waals surface area contributed by atoms with E-state index in [0.29, 0.717) is 38.8 Å². The maximum Gasteiger partial charge on any atom is 0.267 e. The Balaban J connectivity index is 1.69. The van der Waals surface area contributed by atoms with Crippen molar-refractivity contribution in [2.45, 2.75) is 20.8 Å². The molecule has 3 heterocycles. The zero-order chi connectivity index (χ0) is 24.7. The number of hydrogen-bond acceptors (Lipinski definition) is 9. The Bertz CT molecular complexity index is 1060. The number of nitrogens with one attached hydrogen (secondary N) is 2. The summed E-state index contributed by atoms with van der Waals surface area (Å²) in [5, 5.41) is 15.7. The number of anilines is 3. The van der Waals surface area contributed by atoms with Gasteiger partial charge in [-0.1, -0.05) is 29.0 Å². The first kappa shape index (κ1) is 26.0. The number of aliphatic hydroxyl groups excluding tert-OH is 1. The van der Waals surface area contributed by atoms with E-state index < -0.39 is 12.6 Å². The van der Waals surface area contributed by atoms with Crippen molar-refractivity contribution in [3.63, 3.8) is 0 Å². The molecular formula is C22H29ClFN7O2S. The molecule has 0 radical (unpaired) electrons. The van der Waals surface area contributed by atoms with Crippen LogP contribution in [0.4, 0.5) is 21.2 Å². The fourth-order valence-electron chi connectivity index (χ4n) is 3.52. The summed E-state index contributed by atoms with van der Waals surface area (Å²) in [6.07, 6.45) is 3.02. The summed E-state index contributed by atoms with van der Waals surface area (Å²) in [5.74, 6) is 1.58. The molecule has 0 unspecified atom stereocenters. The van der Waals surface area contributed by atoms with Gasteiger partial charge in [-0.25, -0.2) is 19.3 Å². The number of thiazole rings is 1. The highest BCUT2D eigenvalue weighted by Crippen LogP contribution is 2.25. The number of allylic oxidation sites excluding steroid dienone is 3. The van der Waals surface area contributed by atoms with Gasteiger partial charge in [-0.15, -0.1) is 0 Å². The minimum absolute atomic E-state index is 0.157. The van der Waals surface area contributed by atoms with Gasteiger partial charge in [0.25, 0.3) is 5.91 Å². The van der Waals surface area contributed by atoms with Crippen LogP contribution in [0.2, 0.25) is 0 Å². The lowest BCUT2D eigenvalue weighted by molar-refractivity contribution is 0.0970. The van der Waals surface area contributed by atoms with Crippen LogP contribution in [0.25, 0.3) is 0 Å². The van der Waals surface area contributed by atoms with Crippen molar-refractivity contribution in [2.75, 3.05) is 56.2 Å². The smallest absolute Gasteiger partial charge is 0.267 e. The van der Waals surface area contributed by atoms with Gasteiger partial charge in [0, 0.05) is 49.4 Å². The molecule has 3 N–H and O–H groups in total. The summed E-state index contributed by atoms with van der Waals surface area (Å²) < 4.78 is 13.3.